The van der Waals surface area contributed by atoms with Gasteiger partial charge in [-0.15, -0.1) is 11.3 Å². The number of carbonyl (C=O) groups excluding carboxylic acids is 1. The highest BCUT2D eigenvalue weighted by Crippen LogP contribution is 2.36. The van der Waals surface area contributed by atoms with Crippen LogP contribution in [0.4, 0.5) is 0 Å². The van der Waals surface area contributed by atoms with E-state index in [1.165, 1.54) is 11.1 Å². The number of H-pyrrole nitrogens is 1. The molecule has 0 aliphatic heterocycles. The summed E-state index contributed by atoms with van der Waals surface area (Å²) in [7, 11) is 0. The number of aromatic amines is 1. The van der Waals surface area contributed by atoms with Crippen LogP contribution in [0.2, 0.25) is 0 Å². The molecule has 0 spiro atoms. The van der Waals surface area contributed by atoms with Crippen LogP contribution in [0.25, 0.3) is 0 Å². The predicted octanol–water partition coefficient (Wildman–Crippen LogP) is 5.80. The van der Waals surface area contributed by atoms with E-state index < -0.39 is 0 Å². The molecule has 1 unspecified atom stereocenters. The lowest BCUT2D eigenvalue weighted by atomic mass is 9.93. The smallest absolute Gasteiger partial charge is 0.202 e. The number of aryl methyl sites for hydroxylation is 1. The van der Waals surface area contributed by atoms with Gasteiger partial charge in [0.05, 0.1) is 10.8 Å². The fraction of sp³-hybridized carbons (Fsp3) is 0.0870. The van der Waals surface area contributed by atoms with E-state index in [-0.39, 0.29) is 11.7 Å². The number of carbonyl (C=O) groups is 1. The minimum atomic E-state index is 0.0796. The van der Waals surface area contributed by atoms with Crippen molar-refractivity contribution in [3.8, 4) is 0 Å². The van der Waals surface area contributed by atoms with Gasteiger partial charge in [0.25, 0.3) is 0 Å². The average molecular weight is 357 g/mol. The number of ketones is 1. The monoisotopic (exact) mass is 357 g/mol. The number of benzene rings is 2. The number of rotatable bonds is 5. The SMILES string of the molecule is Cc1ccc(C(c2ccc[nH]2)c2ccc(C(=O)c3ccccc3)s2)cc1. The van der Waals surface area contributed by atoms with Crippen molar-refractivity contribution in [1.29, 1.82) is 0 Å². The molecule has 0 aliphatic rings. The normalized spacial score (nSPS) is 12.0. The Bertz CT molecular complexity index is 998. The zero-order chi connectivity index (χ0) is 17.9. The first-order valence-electron chi connectivity index (χ1n) is 8.62. The van der Waals surface area contributed by atoms with Crippen LogP contribution in [0, 0.1) is 6.92 Å². The van der Waals surface area contributed by atoms with E-state index in [2.05, 4.69) is 48.3 Å². The molecule has 4 aromatic rings. The standard InChI is InChI=1S/C23H19NOS/c1-16-9-11-17(12-10-16)22(19-8-5-15-24-19)20-13-14-21(26-20)23(25)18-6-3-2-4-7-18/h2-15,22,24H,1H3. The molecule has 0 radical (unpaired) electrons. The van der Waals surface area contributed by atoms with Crippen LogP contribution in [0.5, 0.6) is 0 Å². The molecule has 4 rings (SSSR count). The van der Waals surface area contributed by atoms with Crippen molar-refractivity contribution in [2.45, 2.75) is 12.8 Å². The Hall–Kier alpha value is -2.91. The van der Waals surface area contributed by atoms with Gasteiger partial charge in [-0.3, -0.25) is 4.79 Å². The lowest BCUT2D eigenvalue weighted by Gasteiger charge is -2.15. The molecular formula is C23H19NOS. The van der Waals surface area contributed by atoms with Gasteiger partial charge in [-0.25, -0.2) is 0 Å². The molecule has 3 heteroatoms. The first-order chi connectivity index (χ1) is 12.7. The zero-order valence-corrected chi connectivity index (χ0v) is 15.3. The van der Waals surface area contributed by atoms with Gasteiger partial charge < -0.3 is 4.98 Å². The molecule has 2 aromatic carbocycles. The molecule has 2 aromatic heterocycles. The van der Waals surface area contributed by atoms with Gasteiger partial charge in [-0.05, 0) is 36.8 Å². The van der Waals surface area contributed by atoms with E-state index in [4.69, 9.17) is 0 Å². The van der Waals surface area contributed by atoms with Gasteiger partial charge in [0.1, 0.15) is 0 Å². The number of hydrogen-bond acceptors (Lipinski definition) is 2. The van der Waals surface area contributed by atoms with Crippen molar-refractivity contribution in [3.05, 3.63) is 117 Å². The molecule has 0 amide bonds. The molecule has 0 aliphatic carbocycles. The second kappa shape index (κ2) is 7.14. The first-order valence-corrected chi connectivity index (χ1v) is 9.43. The summed E-state index contributed by atoms with van der Waals surface area (Å²) in [4.78, 5) is 18.0. The van der Waals surface area contributed by atoms with E-state index in [9.17, 15) is 4.79 Å². The fourth-order valence-electron chi connectivity index (χ4n) is 3.14. The van der Waals surface area contributed by atoms with Crippen molar-refractivity contribution in [2.75, 3.05) is 0 Å². The summed E-state index contributed by atoms with van der Waals surface area (Å²) in [6.07, 6.45) is 1.94. The largest absolute Gasteiger partial charge is 0.364 e. The molecule has 2 heterocycles. The van der Waals surface area contributed by atoms with Crippen LogP contribution in [0.15, 0.2) is 85.1 Å². The fourth-order valence-corrected chi connectivity index (χ4v) is 4.26. The van der Waals surface area contributed by atoms with Crippen molar-refractivity contribution in [3.63, 3.8) is 0 Å². The minimum absolute atomic E-state index is 0.0796. The number of hydrogen-bond donors (Lipinski definition) is 1. The summed E-state index contributed by atoms with van der Waals surface area (Å²) >= 11 is 1.57. The predicted molar refractivity (Wildman–Crippen MR) is 107 cm³/mol. The molecule has 1 atom stereocenters. The third-order valence-corrected chi connectivity index (χ3v) is 5.66. The number of aromatic nitrogens is 1. The van der Waals surface area contributed by atoms with Crippen molar-refractivity contribution in [1.82, 2.24) is 4.98 Å². The van der Waals surface area contributed by atoms with Crippen LogP contribution in [0.3, 0.4) is 0 Å². The Labute approximate surface area is 157 Å². The third-order valence-electron chi connectivity index (χ3n) is 4.51. The van der Waals surface area contributed by atoms with Crippen LogP contribution in [-0.4, -0.2) is 10.8 Å². The lowest BCUT2D eigenvalue weighted by Crippen LogP contribution is -2.02. The van der Waals surface area contributed by atoms with E-state index in [0.29, 0.717) is 0 Å². The van der Waals surface area contributed by atoms with Crippen LogP contribution in [0.1, 0.15) is 42.9 Å². The average Bonchev–Trinajstić information content (AvgIpc) is 3.37. The molecule has 0 fully saturated rings. The second-order valence-corrected chi connectivity index (χ2v) is 7.48. The number of thiophene rings is 1. The first kappa shape index (κ1) is 16.6. The van der Waals surface area contributed by atoms with Gasteiger partial charge in [0.2, 0.25) is 5.78 Å². The minimum Gasteiger partial charge on any atom is -0.364 e. The summed E-state index contributed by atoms with van der Waals surface area (Å²) in [5, 5.41) is 0. The molecule has 26 heavy (non-hydrogen) atoms. The highest BCUT2D eigenvalue weighted by Gasteiger charge is 2.21. The van der Waals surface area contributed by atoms with Crippen LogP contribution in [-0.2, 0) is 0 Å². The van der Waals surface area contributed by atoms with Crippen LogP contribution >= 0.6 is 11.3 Å². The summed E-state index contributed by atoms with van der Waals surface area (Å²) in [6.45, 7) is 2.09. The highest BCUT2D eigenvalue weighted by molar-refractivity contribution is 7.14. The Morgan fingerprint density at radius 1 is 0.885 bits per heavy atom. The van der Waals surface area contributed by atoms with Crippen molar-refractivity contribution >= 4 is 17.1 Å². The van der Waals surface area contributed by atoms with Gasteiger partial charge in [-0.1, -0.05) is 60.2 Å². The van der Waals surface area contributed by atoms with Crippen molar-refractivity contribution < 1.29 is 4.79 Å². The zero-order valence-electron chi connectivity index (χ0n) is 14.5. The van der Waals surface area contributed by atoms with Crippen LogP contribution < -0.4 is 0 Å². The molecular weight excluding hydrogens is 338 g/mol. The molecule has 2 nitrogen and oxygen atoms in total. The van der Waals surface area contributed by atoms with Gasteiger partial charge in [-0.2, -0.15) is 0 Å². The summed E-state index contributed by atoms with van der Waals surface area (Å²) in [6, 6.07) is 26.2. The quantitative estimate of drug-likeness (QED) is 0.450. The Morgan fingerprint density at radius 2 is 1.65 bits per heavy atom. The third kappa shape index (κ3) is 3.26. The molecule has 0 saturated heterocycles. The topological polar surface area (TPSA) is 32.9 Å². The van der Waals surface area contributed by atoms with Gasteiger partial charge in [0, 0.05) is 22.3 Å². The molecule has 0 saturated carbocycles. The van der Waals surface area contributed by atoms with Gasteiger partial charge in [0.15, 0.2) is 0 Å². The lowest BCUT2D eigenvalue weighted by molar-refractivity contribution is 0.104. The highest BCUT2D eigenvalue weighted by atomic mass is 32.1. The molecule has 0 bridgehead atoms. The summed E-state index contributed by atoms with van der Waals surface area (Å²) < 4.78 is 0. The Morgan fingerprint density at radius 3 is 2.35 bits per heavy atom. The Kier molecular flexibility index (Phi) is 4.55. The second-order valence-electron chi connectivity index (χ2n) is 6.37. The summed E-state index contributed by atoms with van der Waals surface area (Å²) in [5.41, 5.74) is 4.32. The van der Waals surface area contributed by atoms with E-state index in [1.54, 1.807) is 11.3 Å². The van der Waals surface area contributed by atoms with E-state index >= 15 is 0 Å². The number of nitrogens with one attached hydrogen (secondary N) is 1. The molecule has 1 N–H and O–H groups in total. The maximum absolute atomic E-state index is 12.8. The van der Waals surface area contributed by atoms with E-state index in [1.807, 2.05) is 48.7 Å². The maximum atomic E-state index is 12.8. The van der Waals surface area contributed by atoms with Crippen molar-refractivity contribution in [2.24, 2.45) is 0 Å². The van der Waals surface area contributed by atoms with Gasteiger partial charge >= 0.3 is 0 Å². The van der Waals surface area contributed by atoms with E-state index in [0.717, 1.165) is 21.0 Å². The maximum Gasteiger partial charge on any atom is 0.202 e. The Balaban J connectivity index is 1.72. The summed E-state index contributed by atoms with van der Waals surface area (Å²) in [5.74, 6) is 0.184. The molecule has 128 valence electrons.